The summed E-state index contributed by atoms with van der Waals surface area (Å²) in [6.07, 6.45) is 0. The van der Waals surface area contributed by atoms with E-state index >= 15 is 0 Å². The molecule has 0 saturated heterocycles. The molecule has 0 aromatic heterocycles. The molecule has 1 aromatic carbocycles. The molecule has 0 spiro atoms. The molecule has 0 amide bonds. The van der Waals surface area contributed by atoms with Crippen molar-refractivity contribution in [1.82, 2.24) is 5.32 Å². The molecule has 1 aliphatic heterocycles. The van der Waals surface area contributed by atoms with Crippen molar-refractivity contribution >= 4 is 10.8 Å². The maximum Gasteiger partial charge on any atom is 0.124 e. The summed E-state index contributed by atoms with van der Waals surface area (Å²) in [6, 6.07) is 5.13. The highest BCUT2D eigenvalue weighted by molar-refractivity contribution is 7.85. The van der Waals surface area contributed by atoms with E-state index in [1.807, 2.05) is 6.92 Å². The van der Waals surface area contributed by atoms with Gasteiger partial charge in [-0.25, -0.2) is 4.39 Å². The van der Waals surface area contributed by atoms with Gasteiger partial charge >= 0.3 is 0 Å². The first-order valence-corrected chi connectivity index (χ1v) is 7.59. The molecular weight excluding hydrogens is 249 g/mol. The van der Waals surface area contributed by atoms with Crippen LogP contribution in [0.4, 0.5) is 4.39 Å². The monoisotopic (exact) mass is 269 g/mol. The Balaban J connectivity index is 2.49. The lowest BCUT2D eigenvalue weighted by Crippen LogP contribution is -2.41. The largest absolute Gasteiger partial charge is 0.307 e. The molecule has 2 rings (SSSR count). The van der Waals surface area contributed by atoms with E-state index in [0.717, 1.165) is 5.56 Å². The lowest BCUT2D eigenvalue weighted by molar-refractivity contribution is 0.342. The van der Waals surface area contributed by atoms with Gasteiger partial charge in [-0.15, -0.1) is 0 Å². The molecule has 4 atom stereocenters. The summed E-state index contributed by atoms with van der Waals surface area (Å²) in [7, 11) is -1.12. The van der Waals surface area contributed by atoms with Gasteiger partial charge in [-0.05, 0) is 23.6 Å². The molecule has 1 aromatic rings. The third kappa shape index (κ3) is 2.36. The molecule has 0 saturated carbocycles. The van der Waals surface area contributed by atoms with Crippen LogP contribution in [-0.4, -0.2) is 15.5 Å². The smallest absolute Gasteiger partial charge is 0.124 e. The van der Waals surface area contributed by atoms with Crippen molar-refractivity contribution in [3.63, 3.8) is 0 Å². The zero-order valence-electron chi connectivity index (χ0n) is 11.2. The van der Waals surface area contributed by atoms with Crippen LogP contribution in [0.3, 0.4) is 0 Å². The van der Waals surface area contributed by atoms with Crippen LogP contribution in [-0.2, 0) is 10.8 Å². The molecule has 0 fully saturated rings. The predicted octanol–water partition coefficient (Wildman–Crippen LogP) is 3.01. The summed E-state index contributed by atoms with van der Waals surface area (Å²) in [6.45, 7) is 8.26. The van der Waals surface area contributed by atoms with Crippen LogP contribution in [0.15, 0.2) is 23.1 Å². The second-order valence-electron chi connectivity index (χ2n) is 5.34. The van der Waals surface area contributed by atoms with Crippen molar-refractivity contribution in [2.45, 2.75) is 49.9 Å². The third-order valence-electron chi connectivity index (χ3n) is 3.64. The van der Waals surface area contributed by atoms with Gasteiger partial charge in [0.05, 0.1) is 10.8 Å². The minimum absolute atomic E-state index is 0.0375. The van der Waals surface area contributed by atoms with Gasteiger partial charge in [0, 0.05) is 22.2 Å². The Morgan fingerprint density at radius 1 is 1.33 bits per heavy atom. The Bertz CT molecular complexity index is 475. The average Bonchev–Trinajstić information content (AvgIpc) is 2.32. The Hall–Kier alpha value is -0.740. The van der Waals surface area contributed by atoms with Gasteiger partial charge in [0.1, 0.15) is 5.82 Å². The van der Waals surface area contributed by atoms with E-state index < -0.39 is 10.8 Å². The van der Waals surface area contributed by atoms with E-state index in [9.17, 15) is 8.60 Å². The van der Waals surface area contributed by atoms with Crippen LogP contribution in [0.25, 0.3) is 0 Å². The Morgan fingerprint density at radius 2 is 2.00 bits per heavy atom. The van der Waals surface area contributed by atoms with Gasteiger partial charge < -0.3 is 5.32 Å². The molecule has 100 valence electrons. The summed E-state index contributed by atoms with van der Waals surface area (Å²) >= 11 is 0. The van der Waals surface area contributed by atoms with Gasteiger partial charge in [0.2, 0.25) is 0 Å². The zero-order chi connectivity index (χ0) is 13.4. The van der Waals surface area contributed by atoms with Gasteiger partial charge in [-0.2, -0.15) is 0 Å². The maximum absolute atomic E-state index is 13.3. The molecule has 18 heavy (non-hydrogen) atoms. The normalized spacial score (nSPS) is 31.4. The number of benzene rings is 1. The van der Waals surface area contributed by atoms with E-state index in [1.165, 1.54) is 12.1 Å². The van der Waals surface area contributed by atoms with E-state index in [0.29, 0.717) is 10.9 Å². The molecule has 2 nitrogen and oxygen atoms in total. The van der Waals surface area contributed by atoms with Gasteiger partial charge in [0.25, 0.3) is 0 Å². The third-order valence-corrected chi connectivity index (χ3v) is 5.54. The number of hydrogen-bond acceptors (Lipinski definition) is 2. The predicted molar refractivity (Wildman–Crippen MR) is 72.4 cm³/mol. The molecule has 4 heteroatoms. The molecule has 0 aliphatic carbocycles. The van der Waals surface area contributed by atoms with Crippen molar-refractivity contribution in [2.75, 3.05) is 0 Å². The van der Waals surface area contributed by atoms with Gasteiger partial charge in [0.15, 0.2) is 0 Å². The van der Waals surface area contributed by atoms with Gasteiger partial charge in [-0.3, -0.25) is 4.21 Å². The molecule has 1 heterocycles. The molecule has 4 unspecified atom stereocenters. The zero-order valence-corrected chi connectivity index (χ0v) is 12.1. The second-order valence-corrected chi connectivity index (χ2v) is 7.12. The van der Waals surface area contributed by atoms with Crippen molar-refractivity contribution < 1.29 is 8.60 Å². The molecule has 1 N–H and O–H groups in total. The fourth-order valence-corrected chi connectivity index (χ4v) is 4.09. The van der Waals surface area contributed by atoms with E-state index in [-0.39, 0.29) is 23.0 Å². The van der Waals surface area contributed by atoms with Crippen LogP contribution < -0.4 is 5.32 Å². The fraction of sp³-hybridized carbons (Fsp3) is 0.571. The second kappa shape index (κ2) is 5.10. The first kappa shape index (κ1) is 13.7. The first-order chi connectivity index (χ1) is 8.41. The van der Waals surface area contributed by atoms with Crippen LogP contribution in [0.5, 0.6) is 0 Å². The maximum atomic E-state index is 13.3. The van der Waals surface area contributed by atoms with Crippen molar-refractivity contribution in [1.29, 1.82) is 0 Å². The van der Waals surface area contributed by atoms with Gasteiger partial charge in [-0.1, -0.05) is 33.8 Å². The van der Waals surface area contributed by atoms with Crippen LogP contribution in [0.2, 0.25) is 0 Å². The van der Waals surface area contributed by atoms with Crippen LogP contribution in [0.1, 0.15) is 39.3 Å². The summed E-state index contributed by atoms with van der Waals surface area (Å²) in [5.74, 6) is -0.0432. The fourth-order valence-electron chi connectivity index (χ4n) is 2.49. The highest BCUT2D eigenvalue weighted by Gasteiger charge is 2.36. The summed E-state index contributed by atoms with van der Waals surface area (Å²) in [4.78, 5) is 0.652. The molecular formula is C14H20FNOS. The lowest BCUT2D eigenvalue weighted by Gasteiger charge is -2.37. The minimum atomic E-state index is -1.12. The molecule has 1 aliphatic rings. The highest BCUT2D eigenvalue weighted by Crippen LogP contribution is 2.38. The summed E-state index contributed by atoms with van der Waals surface area (Å²) in [5.41, 5.74) is 0.981. The quantitative estimate of drug-likeness (QED) is 0.894. The Kier molecular flexibility index (Phi) is 3.87. The number of fused-ring (bicyclic) bond motifs is 1. The Labute approximate surface area is 110 Å². The highest BCUT2D eigenvalue weighted by atomic mass is 32.2. The van der Waals surface area contributed by atoms with Crippen LogP contribution in [0, 0.1) is 11.7 Å². The van der Waals surface area contributed by atoms with Crippen molar-refractivity contribution in [3.8, 4) is 0 Å². The van der Waals surface area contributed by atoms with Crippen molar-refractivity contribution in [3.05, 3.63) is 29.6 Å². The average molecular weight is 269 g/mol. The van der Waals surface area contributed by atoms with E-state index in [1.54, 1.807) is 6.07 Å². The standard InChI is InChI=1S/C14H20FNOS/c1-8(2)16-14-9(3)10(4)18(17)13-7-11(15)5-6-12(13)14/h5-10,14,16H,1-4H3. The molecule has 0 radical (unpaired) electrons. The summed E-state index contributed by atoms with van der Waals surface area (Å²) < 4.78 is 25.7. The topological polar surface area (TPSA) is 29.1 Å². The van der Waals surface area contributed by atoms with Crippen LogP contribution >= 0.6 is 0 Å². The number of nitrogens with one attached hydrogen (secondary N) is 1. The van der Waals surface area contributed by atoms with E-state index in [4.69, 9.17) is 0 Å². The summed E-state index contributed by atoms with van der Waals surface area (Å²) in [5, 5.41) is 3.54. The number of rotatable bonds is 2. The van der Waals surface area contributed by atoms with E-state index in [2.05, 4.69) is 26.1 Å². The minimum Gasteiger partial charge on any atom is -0.307 e. The molecule has 0 bridgehead atoms. The van der Waals surface area contributed by atoms with Crippen molar-refractivity contribution in [2.24, 2.45) is 5.92 Å². The lowest BCUT2D eigenvalue weighted by atomic mass is 9.90. The SMILES string of the molecule is CC(C)NC1c2ccc(F)cc2S(=O)C(C)C1C. The number of hydrogen-bond donors (Lipinski definition) is 1. The number of halogens is 1. The Morgan fingerprint density at radius 3 is 2.61 bits per heavy atom. The first-order valence-electron chi connectivity index (χ1n) is 6.38.